The van der Waals surface area contributed by atoms with Crippen LogP contribution in [-0.4, -0.2) is 85.1 Å². The summed E-state index contributed by atoms with van der Waals surface area (Å²) in [5.74, 6) is -2.77. The fraction of sp³-hybridized carbons (Fsp3) is 0.846. The van der Waals surface area contributed by atoms with Gasteiger partial charge in [0.15, 0.2) is 23.1 Å². The minimum absolute atomic E-state index is 0.130. The first-order valence-electron chi connectivity index (χ1n) is 12.7. The van der Waals surface area contributed by atoms with E-state index >= 15 is 0 Å². The molecule has 2 aliphatic carbocycles. The summed E-state index contributed by atoms with van der Waals surface area (Å²) in [5.41, 5.74) is 2.13. The molecule has 1 N–H and O–H groups in total. The Morgan fingerprint density at radius 1 is 0.543 bits per heavy atom. The highest BCUT2D eigenvalue weighted by Crippen LogP contribution is 2.44. The molecule has 9 nitrogen and oxygen atoms in total. The molecule has 0 radical (unpaired) electrons. The van der Waals surface area contributed by atoms with E-state index in [-0.39, 0.29) is 48.7 Å². The second-order valence-electron chi connectivity index (χ2n) is 12.3. The minimum atomic E-state index is -0.714. The number of hydrogen-bond donors (Lipinski definition) is 1. The summed E-state index contributed by atoms with van der Waals surface area (Å²) in [6.45, 7) is 16.5. The molecule has 0 saturated carbocycles. The Hall–Kier alpha value is -0.880. The third kappa shape index (κ3) is 4.43. The van der Waals surface area contributed by atoms with Crippen molar-refractivity contribution in [2.45, 2.75) is 127 Å². The number of ether oxygens (including phenoxy) is 8. The molecule has 196 valence electrons. The molecule has 6 rings (SSSR count). The molecule has 4 saturated heterocycles. The van der Waals surface area contributed by atoms with E-state index in [1.165, 1.54) is 0 Å². The quantitative estimate of drug-likeness (QED) is 0.583. The zero-order valence-electron chi connectivity index (χ0n) is 22.0. The Balaban J connectivity index is 1.31. The van der Waals surface area contributed by atoms with Gasteiger partial charge in [0.2, 0.25) is 0 Å². The van der Waals surface area contributed by atoms with E-state index in [0.29, 0.717) is 13.2 Å². The molecular formula is C26H39NO8. The standard InChI is InChI=1S/C26H39NO8/c1-23(2)28-11-13-9-15(19-21(17(13)30-23)34-25(5,6)32-19)27-16-10-14-12-29-24(3,4)31-18(14)22-20(16)33-26(7,8)35-22/h9-10,15-22,27H,11-12H2,1-8H3/t15-,16-,17+,18+,19-,20-,21-,22-/m0/s1. The van der Waals surface area contributed by atoms with Crippen molar-refractivity contribution in [2.75, 3.05) is 13.2 Å². The molecule has 0 amide bonds. The van der Waals surface area contributed by atoms with Crippen LogP contribution in [0, 0.1) is 0 Å². The number of nitrogens with one attached hydrogen (secondary N) is 1. The highest BCUT2D eigenvalue weighted by molar-refractivity contribution is 5.29. The average Bonchev–Trinajstić information content (AvgIpc) is 3.24. The molecule has 0 aromatic carbocycles. The summed E-state index contributed by atoms with van der Waals surface area (Å²) in [7, 11) is 0. The summed E-state index contributed by atoms with van der Waals surface area (Å²) < 4.78 is 50.1. The van der Waals surface area contributed by atoms with Gasteiger partial charge in [-0.15, -0.1) is 0 Å². The molecule has 0 aromatic heterocycles. The molecule has 0 unspecified atom stereocenters. The molecule has 35 heavy (non-hydrogen) atoms. The van der Waals surface area contributed by atoms with Gasteiger partial charge in [0.25, 0.3) is 0 Å². The van der Waals surface area contributed by atoms with Crippen molar-refractivity contribution < 1.29 is 37.9 Å². The van der Waals surface area contributed by atoms with Gasteiger partial charge in [0.1, 0.15) is 36.6 Å². The molecule has 8 atom stereocenters. The summed E-state index contributed by atoms with van der Waals surface area (Å²) in [6, 6.07) is -0.260. The second kappa shape index (κ2) is 7.82. The summed E-state index contributed by atoms with van der Waals surface area (Å²) in [6.07, 6.45) is 3.00. The Labute approximate surface area is 207 Å². The smallest absolute Gasteiger partial charge is 0.164 e. The molecular weight excluding hydrogens is 454 g/mol. The van der Waals surface area contributed by atoms with Gasteiger partial charge < -0.3 is 37.9 Å². The lowest BCUT2D eigenvalue weighted by atomic mass is 9.84. The first kappa shape index (κ1) is 24.5. The molecule has 6 aliphatic rings. The van der Waals surface area contributed by atoms with E-state index in [1.807, 2.05) is 55.4 Å². The van der Waals surface area contributed by atoms with Gasteiger partial charge in [0.05, 0.1) is 25.3 Å². The van der Waals surface area contributed by atoms with Gasteiger partial charge in [-0.3, -0.25) is 5.32 Å². The number of fused-ring (bicyclic) bond motifs is 6. The topological polar surface area (TPSA) is 85.9 Å². The van der Waals surface area contributed by atoms with E-state index in [9.17, 15) is 0 Å². The fourth-order valence-electron chi connectivity index (χ4n) is 6.17. The zero-order valence-corrected chi connectivity index (χ0v) is 22.0. The molecule has 4 fully saturated rings. The lowest BCUT2D eigenvalue weighted by Gasteiger charge is -2.47. The highest BCUT2D eigenvalue weighted by atomic mass is 16.8. The molecule has 0 bridgehead atoms. The van der Waals surface area contributed by atoms with E-state index in [0.717, 1.165) is 11.1 Å². The van der Waals surface area contributed by atoms with Crippen LogP contribution >= 0.6 is 0 Å². The predicted octanol–water partition coefficient (Wildman–Crippen LogP) is 2.54. The van der Waals surface area contributed by atoms with Crippen molar-refractivity contribution in [3.8, 4) is 0 Å². The molecule has 0 spiro atoms. The van der Waals surface area contributed by atoms with Gasteiger partial charge in [-0.25, -0.2) is 0 Å². The first-order valence-corrected chi connectivity index (χ1v) is 12.7. The maximum absolute atomic E-state index is 6.42. The SMILES string of the molecule is CC1(C)O[C@@H]2[C@@H](O1)[C@@H]1OC(C)(C)OCC1=C[C@@H]2N[C@H]1C=C2COC(C)(C)O[C@H]2[C@@H]2OC(C)(C)O[C@H]21. The average molecular weight is 494 g/mol. The van der Waals surface area contributed by atoms with Crippen LogP contribution in [0.15, 0.2) is 23.3 Å². The first-order chi connectivity index (χ1) is 16.2. The summed E-state index contributed by atoms with van der Waals surface area (Å²) in [4.78, 5) is 0. The second-order valence-corrected chi connectivity index (χ2v) is 12.3. The van der Waals surface area contributed by atoms with Crippen molar-refractivity contribution in [2.24, 2.45) is 0 Å². The molecule has 9 heteroatoms. The van der Waals surface area contributed by atoms with Crippen LogP contribution in [0.25, 0.3) is 0 Å². The van der Waals surface area contributed by atoms with Crippen LogP contribution < -0.4 is 5.32 Å². The van der Waals surface area contributed by atoms with Crippen LogP contribution in [0.2, 0.25) is 0 Å². The van der Waals surface area contributed by atoms with Crippen molar-refractivity contribution in [3.05, 3.63) is 23.3 Å². The van der Waals surface area contributed by atoms with Crippen molar-refractivity contribution in [1.82, 2.24) is 5.32 Å². The molecule has 4 aliphatic heterocycles. The van der Waals surface area contributed by atoms with Gasteiger partial charge in [-0.2, -0.15) is 0 Å². The minimum Gasteiger partial charge on any atom is -0.346 e. The van der Waals surface area contributed by atoms with Gasteiger partial charge in [-0.1, -0.05) is 12.2 Å². The lowest BCUT2D eigenvalue weighted by molar-refractivity contribution is -0.274. The summed E-state index contributed by atoms with van der Waals surface area (Å²) in [5, 5.41) is 3.80. The third-order valence-corrected chi connectivity index (χ3v) is 7.53. The molecule has 0 aromatic rings. The van der Waals surface area contributed by atoms with E-state index < -0.39 is 23.1 Å². The van der Waals surface area contributed by atoms with E-state index in [2.05, 4.69) is 17.5 Å². The third-order valence-electron chi connectivity index (χ3n) is 7.53. The monoisotopic (exact) mass is 493 g/mol. The van der Waals surface area contributed by atoms with Crippen LogP contribution in [-0.2, 0) is 37.9 Å². The van der Waals surface area contributed by atoms with Crippen molar-refractivity contribution in [3.63, 3.8) is 0 Å². The maximum atomic E-state index is 6.42. The van der Waals surface area contributed by atoms with Crippen LogP contribution in [0.5, 0.6) is 0 Å². The van der Waals surface area contributed by atoms with Gasteiger partial charge in [-0.05, 0) is 66.5 Å². The normalized spacial score (nSPS) is 46.5. The largest absolute Gasteiger partial charge is 0.346 e. The maximum Gasteiger partial charge on any atom is 0.164 e. The van der Waals surface area contributed by atoms with Gasteiger partial charge >= 0.3 is 0 Å². The van der Waals surface area contributed by atoms with Crippen LogP contribution in [0.4, 0.5) is 0 Å². The predicted molar refractivity (Wildman–Crippen MR) is 124 cm³/mol. The molecule has 4 heterocycles. The van der Waals surface area contributed by atoms with E-state index in [1.54, 1.807) is 0 Å². The van der Waals surface area contributed by atoms with Crippen molar-refractivity contribution in [1.29, 1.82) is 0 Å². The Bertz CT molecular complexity index is 866. The zero-order chi connectivity index (χ0) is 25.0. The lowest BCUT2D eigenvalue weighted by Crippen LogP contribution is -2.62. The highest BCUT2D eigenvalue weighted by Gasteiger charge is 2.58. The Morgan fingerprint density at radius 3 is 1.31 bits per heavy atom. The Morgan fingerprint density at radius 2 is 0.914 bits per heavy atom. The van der Waals surface area contributed by atoms with E-state index in [4.69, 9.17) is 37.9 Å². The Kier molecular flexibility index (Phi) is 5.46. The van der Waals surface area contributed by atoms with Gasteiger partial charge in [0, 0.05) is 0 Å². The van der Waals surface area contributed by atoms with Crippen LogP contribution in [0.1, 0.15) is 55.4 Å². The van der Waals surface area contributed by atoms with Crippen LogP contribution in [0.3, 0.4) is 0 Å². The summed E-state index contributed by atoms with van der Waals surface area (Å²) >= 11 is 0. The number of rotatable bonds is 2. The fourth-order valence-corrected chi connectivity index (χ4v) is 6.17. The number of hydrogen-bond acceptors (Lipinski definition) is 9. The van der Waals surface area contributed by atoms with Crippen molar-refractivity contribution >= 4 is 0 Å².